The van der Waals surface area contributed by atoms with Crippen LogP contribution in [-0.2, 0) is 0 Å². The Hall–Kier alpha value is -2.95. The Morgan fingerprint density at radius 3 is 2.50 bits per heavy atom. The Morgan fingerprint density at radius 1 is 1.00 bits per heavy atom. The van der Waals surface area contributed by atoms with Crippen molar-refractivity contribution in [2.24, 2.45) is 0 Å². The quantitative estimate of drug-likeness (QED) is 0.790. The molecule has 0 spiro atoms. The largest absolute Gasteiger partial charge is 0.343 e. The van der Waals surface area contributed by atoms with Crippen molar-refractivity contribution < 1.29 is 9.32 Å². The highest BCUT2D eigenvalue weighted by Crippen LogP contribution is 2.23. The molecular weight excluding hydrogens is 254 g/mol. The summed E-state index contributed by atoms with van der Waals surface area (Å²) in [6.45, 7) is 0. The van der Waals surface area contributed by atoms with E-state index in [-0.39, 0.29) is 11.7 Å². The van der Waals surface area contributed by atoms with Crippen molar-refractivity contribution >= 4 is 11.7 Å². The van der Waals surface area contributed by atoms with E-state index in [0.717, 1.165) is 11.1 Å². The van der Waals surface area contributed by atoms with Crippen LogP contribution in [0.4, 0.5) is 5.82 Å². The van der Waals surface area contributed by atoms with Crippen molar-refractivity contribution in [2.45, 2.75) is 0 Å². The first-order chi connectivity index (χ1) is 9.84. The third-order valence-corrected chi connectivity index (χ3v) is 2.86. The number of rotatable bonds is 3. The summed E-state index contributed by atoms with van der Waals surface area (Å²) in [5.74, 6) is 0.0398. The van der Waals surface area contributed by atoms with Gasteiger partial charge in [0, 0.05) is 10.8 Å². The van der Waals surface area contributed by atoms with Gasteiger partial charge in [0.05, 0.1) is 0 Å². The van der Waals surface area contributed by atoms with Crippen LogP contribution in [0.25, 0.3) is 11.1 Å². The van der Waals surface area contributed by atoms with Crippen LogP contribution in [0.3, 0.4) is 0 Å². The first-order valence-corrected chi connectivity index (χ1v) is 6.07. The van der Waals surface area contributed by atoms with E-state index in [4.69, 9.17) is 0 Å². The standard InChI is InChI=1S/C15H11N3O2/c19-15(16-14-10-20-18-17-14)13-9-5-4-8-12(13)11-6-2-1-3-7-11/h1-10H,(H,16,19). The van der Waals surface area contributed by atoms with Gasteiger partial charge in [0.15, 0.2) is 12.1 Å². The molecule has 1 aromatic heterocycles. The number of aromatic nitrogens is 2. The number of nitrogens with zero attached hydrogens (tertiary/aromatic N) is 2. The number of carbonyl (C=O) groups is 1. The minimum atomic E-state index is -0.250. The van der Waals surface area contributed by atoms with E-state index < -0.39 is 0 Å². The van der Waals surface area contributed by atoms with Gasteiger partial charge in [-0.2, -0.15) is 0 Å². The van der Waals surface area contributed by atoms with Gasteiger partial charge in [-0.05, 0) is 17.2 Å². The van der Waals surface area contributed by atoms with Gasteiger partial charge in [0.2, 0.25) is 0 Å². The van der Waals surface area contributed by atoms with Gasteiger partial charge in [-0.25, -0.2) is 0 Å². The predicted octanol–water partition coefficient (Wildman–Crippen LogP) is 2.99. The zero-order chi connectivity index (χ0) is 13.8. The summed E-state index contributed by atoms with van der Waals surface area (Å²) in [5.41, 5.74) is 2.42. The monoisotopic (exact) mass is 265 g/mol. The van der Waals surface area contributed by atoms with Crippen molar-refractivity contribution in [1.82, 2.24) is 10.4 Å². The number of benzene rings is 2. The number of hydrogen-bond acceptors (Lipinski definition) is 4. The maximum absolute atomic E-state index is 12.3. The van der Waals surface area contributed by atoms with Crippen LogP contribution < -0.4 is 5.32 Å². The maximum Gasteiger partial charge on any atom is 0.257 e. The SMILES string of the molecule is O=C(Nc1conn1)c1ccccc1-c1ccccc1. The first kappa shape index (κ1) is 12.1. The van der Waals surface area contributed by atoms with Crippen LogP contribution in [0, 0.1) is 0 Å². The first-order valence-electron chi connectivity index (χ1n) is 6.07. The van der Waals surface area contributed by atoms with Gasteiger partial charge in [0.1, 0.15) is 0 Å². The van der Waals surface area contributed by atoms with Crippen molar-refractivity contribution in [1.29, 1.82) is 0 Å². The second-order valence-electron chi connectivity index (χ2n) is 4.16. The Labute approximate surface area is 115 Å². The number of amides is 1. The molecule has 0 atom stereocenters. The summed E-state index contributed by atoms with van der Waals surface area (Å²) in [6.07, 6.45) is 1.28. The van der Waals surface area contributed by atoms with Crippen LogP contribution in [0.5, 0.6) is 0 Å². The topological polar surface area (TPSA) is 68.0 Å². The number of hydrogen-bond donors (Lipinski definition) is 1. The second-order valence-corrected chi connectivity index (χ2v) is 4.16. The van der Waals surface area contributed by atoms with Crippen LogP contribution in [-0.4, -0.2) is 16.3 Å². The molecule has 5 nitrogen and oxygen atoms in total. The molecule has 0 aliphatic carbocycles. The van der Waals surface area contributed by atoms with Gasteiger partial charge in [-0.3, -0.25) is 4.79 Å². The van der Waals surface area contributed by atoms with E-state index in [9.17, 15) is 4.79 Å². The van der Waals surface area contributed by atoms with E-state index in [2.05, 4.69) is 20.2 Å². The normalized spacial score (nSPS) is 10.2. The number of nitrogens with one attached hydrogen (secondary N) is 1. The van der Waals surface area contributed by atoms with Crippen molar-refractivity contribution in [3.05, 3.63) is 66.4 Å². The fourth-order valence-corrected chi connectivity index (χ4v) is 1.95. The Bertz CT molecular complexity index is 709. The summed E-state index contributed by atoms with van der Waals surface area (Å²) in [6, 6.07) is 17.1. The van der Waals surface area contributed by atoms with Crippen LogP contribution in [0.2, 0.25) is 0 Å². The molecule has 3 rings (SSSR count). The third kappa shape index (κ3) is 2.42. The molecule has 0 aliphatic heterocycles. The van der Waals surface area contributed by atoms with Gasteiger partial charge in [0.25, 0.3) is 5.91 Å². The predicted molar refractivity (Wildman–Crippen MR) is 74.1 cm³/mol. The fraction of sp³-hybridized carbons (Fsp3) is 0. The maximum atomic E-state index is 12.3. The highest BCUT2D eigenvalue weighted by Gasteiger charge is 2.13. The van der Waals surface area contributed by atoms with Gasteiger partial charge in [-0.15, -0.1) is 0 Å². The van der Waals surface area contributed by atoms with Gasteiger partial charge in [-0.1, -0.05) is 53.6 Å². The van der Waals surface area contributed by atoms with E-state index in [1.807, 2.05) is 48.5 Å². The van der Waals surface area contributed by atoms with Crippen molar-refractivity contribution in [2.75, 3.05) is 5.32 Å². The lowest BCUT2D eigenvalue weighted by Gasteiger charge is -2.08. The van der Waals surface area contributed by atoms with Crippen LogP contribution in [0.15, 0.2) is 65.4 Å². The molecule has 0 unspecified atom stereocenters. The van der Waals surface area contributed by atoms with Gasteiger partial charge >= 0.3 is 0 Å². The van der Waals surface area contributed by atoms with E-state index in [1.54, 1.807) is 6.07 Å². The molecule has 1 heterocycles. The molecule has 0 fully saturated rings. The summed E-state index contributed by atoms with van der Waals surface area (Å²) < 4.78 is 4.59. The average molecular weight is 265 g/mol. The fourth-order valence-electron chi connectivity index (χ4n) is 1.95. The zero-order valence-electron chi connectivity index (χ0n) is 10.5. The lowest BCUT2D eigenvalue weighted by molar-refractivity contribution is 0.102. The molecule has 98 valence electrons. The lowest BCUT2D eigenvalue weighted by Crippen LogP contribution is -2.13. The molecule has 1 N–H and O–H groups in total. The number of carbonyl (C=O) groups excluding carboxylic acids is 1. The Kier molecular flexibility index (Phi) is 3.24. The molecule has 20 heavy (non-hydrogen) atoms. The summed E-state index contributed by atoms with van der Waals surface area (Å²) in [5, 5.41) is 9.59. The highest BCUT2D eigenvalue weighted by molar-refractivity contribution is 6.08. The van der Waals surface area contributed by atoms with E-state index >= 15 is 0 Å². The minimum Gasteiger partial charge on any atom is -0.343 e. The number of anilines is 1. The summed E-state index contributed by atoms with van der Waals surface area (Å²) >= 11 is 0. The smallest absolute Gasteiger partial charge is 0.257 e. The van der Waals surface area contributed by atoms with Crippen molar-refractivity contribution in [3.63, 3.8) is 0 Å². The van der Waals surface area contributed by atoms with Crippen molar-refractivity contribution in [3.8, 4) is 11.1 Å². The van der Waals surface area contributed by atoms with Crippen LogP contribution >= 0.6 is 0 Å². The molecule has 3 aromatic rings. The van der Waals surface area contributed by atoms with Gasteiger partial charge < -0.3 is 9.84 Å². The Morgan fingerprint density at radius 2 is 1.75 bits per heavy atom. The molecular formula is C15H11N3O2. The summed E-state index contributed by atoms with van der Waals surface area (Å²) in [7, 11) is 0. The molecule has 0 saturated heterocycles. The van der Waals surface area contributed by atoms with Crippen LogP contribution in [0.1, 0.15) is 10.4 Å². The lowest BCUT2D eigenvalue weighted by atomic mass is 9.99. The molecule has 0 bridgehead atoms. The zero-order valence-corrected chi connectivity index (χ0v) is 10.5. The average Bonchev–Trinajstić information content (AvgIpc) is 3.01. The molecule has 0 aliphatic rings. The molecule has 2 aromatic carbocycles. The van der Waals surface area contributed by atoms with E-state index in [0.29, 0.717) is 5.56 Å². The van der Waals surface area contributed by atoms with E-state index in [1.165, 1.54) is 6.26 Å². The molecule has 5 heteroatoms. The molecule has 0 saturated carbocycles. The minimum absolute atomic E-state index is 0.250. The molecule has 1 amide bonds. The summed E-state index contributed by atoms with van der Waals surface area (Å²) in [4.78, 5) is 12.3. The molecule has 0 radical (unpaired) electrons. The Balaban J connectivity index is 1.96. The second kappa shape index (κ2) is 5.36. The third-order valence-electron chi connectivity index (χ3n) is 2.86. The highest BCUT2D eigenvalue weighted by atomic mass is 16.5.